The molecule has 1 fully saturated rings. The third-order valence-electron chi connectivity index (χ3n) is 8.43. The molecule has 1 saturated carbocycles. The Morgan fingerprint density at radius 2 is 1.52 bits per heavy atom. The molecule has 1 aliphatic rings. The summed E-state index contributed by atoms with van der Waals surface area (Å²) in [6, 6.07) is 8.58. The Morgan fingerprint density at radius 1 is 0.925 bits per heavy atom. The van der Waals surface area contributed by atoms with Gasteiger partial charge in [0.05, 0.1) is 5.41 Å². The van der Waals surface area contributed by atoms with Crippen molar-refractivity contribution in [3.63, 3.8) is 0 Å². The summed E-state index contributed by atoms with van der Waals surface area (Å²) in [6.07, 6.45) is 11.9. The average molecular weight is 557 g/mol. The topological polar surface area (TPSA) is 93.1 Å². The van der Waals surface area contributed by atoms with Crippen LogP contribution in [0.1, 0.15) is 108 Å². The van der Waals surface area contributed by atoms with Gasteiger partial charge in [-0.3, -0.25) is 0 Å². The number of carbonyl (C=O) groups excluding carboxylic acids is 2. The number of hydrogen-bond acceptors (Lipinski definition) is 6. The third kappa shape index (κ3) is 10.2. The minimum atomic E-state index is -0.724. The van der Waals surface area contributed by atoms with Crippen molar-refractivity contribution in [1.29, 1.82) is 0 Å². The largest absolute Gasteiger partial charge is 0.461 e. The number of carbonyl (C=O) groups is 2. The molecule has 0 heterocycles. The molecule has 0 amide bonds. The summed E-state index contributed by atoms with van der Waals surface area (Å²) in [6.45, 7) is 13.0. The van der Waals surface area contributed by atoms with Gasteiger partial charge in [-0.2, -0.15) is 0 Å². The van der Waals surface area contributed by atoms with E-state index in [2.05, 4.69) is 51.3 Å². The molecule has 0 saturated heterocycles. The smallest absolute Gasteiger partial charge is 0.333 e. The molecule has 2 rings (SSSR count). The molecule has 1 aromatic carbocycles. The number of esters is 2. The lowest BCUT2D eigenvalue weighted by Crippen LogP contribution is -2.39. The minimum Gasteiger partial charge on any atom is -0.461 e. The Kier molecular flexibility index (Phi) is 14.7. The van der Waals surface area contributed by atoms with E-state index in [9.17, 15) is 19.8 Å². The molecule has 6 heteroatoms. The molecule has 1 aromatic rings. The summed E-state index contributed by atoms with van der Waals surface area (Å²) < 4.78 is 11.4. The van der Waals surface area contributed by atoms with Crippen LogP contribution in [-0.4, -0.2) is 48.6 Å². The van der Waals surface area contributed by atoms with Crippen molar-refractivity contribution < 1.29 is 29.3 Å². The first-order valence-electron chi connectivity index (χ1n) is 15.2. The number of aliphatic hydroxyl groups is 2. The second-order valence-electron chi connectivity index (χ2n) is 11.8. The highest BCUT2D eigenvalue weighted by molar-refractivity contribution is 5.88. The minimum absolute atomic E-state index is 0.0211. The zero-order valence-electron chi connectivity index (χ0n) is 25.1. The van der Waals surface area contributed by atoms with Gasteiger partial charge in [0.15, 0.2) is 0 Å². The normalized spacial score (nSPS) is 18.6. The van der Waals surface area contributed by atoms with Gasteiger partial charge in [0, 0.05) is 30.3 Å². The third-order valence-corrected chi connectivity index (χ3v) is 8.43. The second-order valence-corrected chi connectivity index (χ2v) is 11.8. The summed E-state index contributed by atoms with van der Waals surface area (Å²) >= 11 is 0. The van der Waals surface area contributed by atoms with Crippen LogP contribution in [0.4, 0.5) is 0 Å². The molecule has 0 aromatic heterocycles. The van der Waals surface area contributed by atoms with Crippen molar-refractivity contribution >= 4 is 11.9 Å². The molecule has 0 aliphatic heterocycles. The summed E-state index contributed by atoms with van der Waals surface area (Å²) in [5.74, 6) is -0.0960. The van der Waals surface area contributed by atoms with E-state index < -0.39 is 23.3 Å². The van der Waals surface area contributed by atoms with E-state index in [1.165, 1.54) is 56.9 Å². The highest BCUT2D eigenvalue weighted by Crippen LogP contribution is 2.39. The first kappa shape index (κ1) is 33.8. The van der Waals surface area contributed by atoms with E-state index in [4.69, 9.17) is 9.47 Å². The summed E-state index contributed by atoms with van der Waals surface area (Å²) in [4.78, 5) is 25.1. The quantitative estimate of drug-likeness (QED) is 0.118. The van der Waals surface area contributed by atoms with Gasteiger partial charge in [-0.1, -0.05) is 83.4 Å². The molecule has 0 radical (unpaired) electrons. The number of aliphatic hydroxyl groups excluding tert-OH is 2. The van der Waals surface area contributed by atoms with Crippen molar-refractivity contribution in [1.82, 2.24) is 0 Å². The molecule has 6 nitrogen and oxygen atoms in total. The van der Waals surface area contributed by atoms with Crippen LogP contribution in [0, 0.1) is 11.8 Å². The van der Waals surface area contributed by atoms with Crippen LogP contribution in [-0.2, 0) is 24.5 Å². The van der Waals surface area contributed by atoms with Crippen molar-refractivity contribution in [3.05, 3.63) is 59.7 Å². The van der Waals surface area contributed by atoms with E-state index in [-0.39, 0.29) is 38.4 Å². The molecule has 1 atom stereocenters. The van der Waals surface area contributed by atoms with Crippen LogP contribution in [0.15, 0.2) is 48.6 Å². The first-order chi connectivity index (χ1) is 19.2. The summed E-state index contributed by atoms with van der Waals surface area (Å²) in [5, 5.41) is 18.7. The lowest BCUT2D eigenvalue weighted by atomic mass is 9.75. The van der Waals surface area contributed by atoms with E-state index >= 15 is 0 Å². The molecular weight excluding hydrogens is 504 g/mol. The van der Waals surface area contributed by atoms with Gasteiger partial charge in [-0.05, 0) is 68.4 Å². The Labute approximate surface area is 241 Å². The van der Waals surface area contributed by atoms with Gasteiger partial charge in [-0.25, -0.2) is 9.59 Å². The van der Waals surface area contributed by atoms with Crippen molar-refractivity contribution in [2.75, 3.05) is 26.4 Å². The van der Waals surface area contributed by atoms with Crippen LogP contribution in [0.3, 0.4) is 0 Å². The lowest BCUT2D eigenvalue weighted by Gasteiger charge is -2.34. The maximum atomic E-state index is 12.8. The Balaban J connectivity index is 2.19. The fraction of sp³-hybridized carbons (Fsp3) is 0.647. The number of ether oxygens (including phenoxy) is 2. The number of hydrogen-bond donors (Lipinski definition) is 2. The van der Waals surface area contributed by atoms with E-state index in [1.54, 1.807) is 6.92 Å². The Bertz CT molecular complexity index is 940. The summed E-state index contributed by atoms with van der Waals surface area (Å²) in [7, 11) is 0. The van der Waals surface area contributed by atoms with Crippen LogP contribution in [0.2, 0.25) is 0 Å². The van der Waals surface area contributed by atoms with Crippen molar-refractivity contribution in [2.45, 2.75) is 103 Å². The standard InChI is InChI=1S/C34H52O6/c1-6-8-9-10-27-11-13-29(14-12-27)30-15-17-31(18-16-30)34(19-7-2,23-39-32(37)25(3)4)24-40-33(38)26(5)20-28(21-35)22-36/h15-18,27-29,35-36H,3,5-14,19-24H2,1-2,4H3. The van der Waals surface area contributed by atoms with Gasteiger partial charge in [0.1, 0.15) is 13.2 Å². The Morgan fingerprint density at radius 3 is 2.05 bits per heavy atom. The average Bonchev–Trinajstić information content (AvgIpc) is 2.97. The highest BCUT2D eigenvalue weighted by Gasteiger charge is 2.36. The zero-order valence-corrected chi connectivity index (χ0v) is 25.1. The molecule has 224 valence electrons. The summed E-state index contributed by atoms with van der Waals surface area (Å²) in [5.41, 5.74) is 2.08. The highest BCUT2D eigenvalue weighted by atomic mass is 16.5. The second kappa shape index (κ2) is 17.4. The molecule has 1 unspecified atom stereocenters. The zero-order chi connectivity index (χ0) is 29.5. The van der Waals surface area contributed by atoms with Gasteiger partial charge in [0.25, 0.3) is 0 Å². The van der Waals surface area contributed by atoms with Crippen LogP contribution < -0.4 is 0 Å². The monoisotopic (exact) mass is 556 g/mol. The van der Waals surface area contributed by atoms with Gasteiger partial charge < -0.3 is 19.7 Å². The molecular formula is C34H52O6. The number of benzene rings is 1. The lowest BCUT2D eigenvalue weighted by molar-refractivity contribution is -0.146. The van der Waals surface area contributed by atoms with Crippen LogP contribution >= 0.6 is 0 Å². The fourth-order valence-electron chi connectivity index (χ4n) is 5.80. The van der Waals surface area contributed by atoms with E-state index in [0.717, 1.165) is 17.9 Å². The van der Waals surface area contributed by atoms with Crippen LogP contribution in [0.5, 0.6) is 0 Å². The van der Waals surface area contributed by atoms with Gasteiger partial charge in [-0.15, -0.1) is 0 Å². The molecule has 0 spiro atoms. The van der Waals surface area contributed by atoms with Crippen LogP contribution in [0.25, 0.3) is 0 Å². The predicted octanol–water partition coefficient (Wildman–Crippen LogP) is 6.79. The van der Waals surface area contributed by atoms with Gasteiger partial charge in [0.2, 0.25) is 0 Å². The predicted molar refractivity (Wildman–Crippen MR) is 160 cm³/mol. The van der Waals surface area contributed by atoms with Crippen molar-refractivity contribution in [2.24, 2.45) is 11.8 Å². The maximum Gasteiger partial charge on any atom is 0.333 e. The maximum absolute atomic E-state index is 12.8. The van der Waals surface area contributed by atoms with Gasteiger partial charge >= 0.3 is 11.9 Å². The Hall–Kier alpha value is -2.44. The van der Waals surface area contributed by atoms with Crippen molar-refractivity contribution in [3.8, 4) is 0 Å². The molecule has 1 aliphatic carbocycles. The molecule has 2 N–H and O–H groups in total. The fourth-order valence-corrected chi connectivity index (χ4v) is 5.80. The molecule has 40 heavy (non-hydrogen) atoms. The number of rotatable bonds is 18. The first-order valence-corrected chi connectivity index (χ1v) is 15.2. The number of unbranched alkanes of at least 4 members (excludes halogenated alkanes) is 2. The van der Waals surface area contributed by atoms with E-state index in [1.807, 2.05) is 0 Å². The van der Waals surface area contributed by atoms with E-state index in [0.29, 0.717) is 17.9 Å². The molecule has 0 bridgehead atoms. The SMILES string of the molecule is C=C(C)C(=O)OCC(CCC)(COC(=O)C(=C)CC(CO)CO)c1ccc(C2CCC(CCCCC)CC2)cc1.